The van der Waals surface area contributed by atoms with Crippen LogP contribution in [0, 0.1) is 5.82 Å². The van der Waals surface area contributed by atoms with Crippen LogP contribution in [0.2, 0.25) is 0 Å². The second-order valence-electron chi connectivity index (χ2n) is 5.34. The van der Waals surface area contributed by atoms with Gasteiger partial charge in [0.25, 0.3) is 5.91 Å². The smallest absolute Gasteiger partial charge is 0.368 e. The molecule has 132 valence electrons. The van der Waals surface area contributed by atoms with Gasteiger partial charge >= 0.3 is 6.18 Å². The van der Waals surface area contributed by atoms with E-state index in [4.69, 9.17) is 5.73 Å². The summed E-state index contributed by atoms with van der Waals surface area (Å²) in [6.45, 7) is 0. The molecule has 0 saturated heterocycles. The predicted molar refractivity (Wildman–Crippen MR) is 82.0 cm³/mol. The van der Waals surface area contributed by atoms with E-state index in [0.29, 0.717) is 5.56 Å². The van der Waals surface area contributed by atoms with E-state index < -0.39 is 35.4 Å². The van der Waals surface area contributed by atoms with Gasteiger partial charge in [-0.3, -0.25) is 9.59 Å². The van der Waals surface area contributed by atoms with Crippen molar-refractivity contribution in [2.75, 3.05) is 0 Å². The van der Waals surface area contributed by atoms with Crippen molar-refractivity contribution < 1.29 is 27.2 Å². The minimum atomic E-state index is -4.47. The number of rotatable bonds is 5. The molecule has 0 fully saturated rings. The maximum Gasteiger partial charge on any atom is 0.416 e. The molecule has 0 heterocycles. The summed E-state index contributed by atoms with van der Waals surface area (Å²) in [5, 5.41) is 2.35. The van der Waals surface area contributed by atoms with Crippen molar-refractivity contribution in [3.8, 4) is 0 Å². The first-order valence-electron chi connectivity index (χ1n) is 7.18. The zero-order valence-corrected chi connectivity index (χ0v) is 12.8. The van der Waals surface area contributed by atoms with Gasteiger partial charge in [0.15, 0.2) is 0 Å². The Balaban J connectivity index is 2.11. The number of hydrogen-bond donors (Lipinski definition) is 2. The van der Waals surface area contributed by atoms with E-state index >= 15 is 0 Å². The highest BCUT2D eigenvalue weighted by Crippen LogP contribution is 2.29. The summed E-state index contributed by atoms with van der Waals surface area (Å²) in [6.07, 6.45) is -4.55. The van der Waals surface area contributed by atoms with Gasteiger partial charge in [-0.1, -0.05) is 18.2 Å². The van der Waals surface area contributed by atoms with Crippen LogP contribution in [0.4, 0.5) is 17.6 Å². The third-order valence-electron chi connectivity index (χ3n) is 3.46. The molecular weight excluding hydrogens is 340 g/mol. The van der Waals surface area contributed by atoms with Crippen molar-refractivity contribution in [1.82, 2.24) is 5.32 Å². The van der Waals surface area contributed by atoms with Gasteiger partial charge in [0, 0.05) is 12.0 Å². The molecule has 4 nitrogen and oxygen atoms in total. The largest absolute Gasteiger partial charge is 0.416 e. The third kappa shape index (κ3) is 5.03. The van der Waals surface area contributed by atoms with Crippen molar-refractivity contribution in [2.24, 2.45) is 5.73 Å². The van der Waals surface area contributed by atoms with Gasteiger partial charge in [0.1, 0.15) is 11.9 Å². The second-order valence-corrected chi connectivity index (χ2v) is 5.34. The molecule has 2 aromatic carbocycles. The van der Waals surface area contributed by atoms with Crippen molar-refractivity contribution in [1.29, 1.82) is 0 Å². The fraction of sp³-hybridized carbons (Fsp3) is 0.176. The van der Waals surface area contributed by atoms with Gasteiger partial charge in [-0.15, -0.1) is 0 Å². The lowest BCUT2D eigenvalue weighted by molar-refractivity contribution is -0.137. The summed E-state index contributed by atoms with van der Waals surface area (Å²) in [5.41, 5.74) is 4.79. The highest BCUT2D eigenvalue weighted by molar-refractivity contribution is 5.97. The lowest BCUT2D eigenvalue weighted by Crippen LogP contribution is -2.45. The van der Waals surface area contributed by atoms with E-state index in [2.05, 4.69) is 5.32 Å². The molecule has 8 heteroatoms. The van der Waals surface area contributed by atoms with E-state index in [1.54, 1.807) is 0 Å². The Kier molecular flexibility index (Phi) is 5.41. The zero-order chi connectivity index (χ0) is 18.6. The number of nitrogens with two attached hydrogens (primary N) is 1. The number of primary amides is 1. The molecule has 3 N–H and O–H groups in total. The second kappa shape index (κ2) is 7.33. The fourth-order valence-electron chi connectivity index (χ4n) is 2.16. The number of alkyl halides is 3. The molecule has 1 atom stereocenters. The SMILES string of the molecule is NC(=O)[C@H](Cc1ccc(C(F)(F)F)cc1)NC(=O)c1cccc(F)c1. The van der Waals surface area contributed by atoms with Gasteiger partial charge in [0.2, 0.25) is 5.91 Å². The lowest BCUT2D eigenvalue weighted by Gasteiger charge is -2.16. The number of nitrogens with one attached hydrogen (secondary N) is 1. The van der Waals surface area contributed by atoms with E-state index in [9.17, 15) is 27.2 Å². The van der Waals surface area contributed by atoms with Gasteiger partial charge < -0.3 is 11.1 Å². The van der Waals surface area contributed by atoms with Crippen LogP contribution >= 0.6 is 0 Å². The molecule has 2 aromatic rings. The number of benzene rings is 2. The van der Waals surface area contributed by atoms with E-state index in [0.717, 1.165) is 24.3 Å². The number of halogens is 4. The summed E-state index contributed by atoms with van der Waals surface area (Å²) in [4.78, 5) is 23.6. The first-order chi connectivity index (χ1) is 11.7. The average molecular weight is 354 g/mol. The van der Waals surface area contributed by atoms with Gasteiger partial charge in [0.05, 0.1) is 5.56 Å². The van der Waals surface area contributed by atoms with E-state index in [-0.39, 0.29) is 12.0 Å². The summed E-state index contributed by atoms with van der Waals surface area (Å²) in [7, 11) is 0. The van der Waals surface area contributed by atoms with E-state index in [1.807, 2.05) is 0 Å². The number of amides is 2. The molecule has 0 aliphatic carbocycles. The molecule has 0 bridgehead atoms. The molecule has 25 heavy (non-hydrogen) atoms. The Bertz CT molecular complexity index is 773. The van der Waals surface area contributed by atoms with E-state index in [1.165, 1.54) is 24.3 Å². The summed E-state index contributed by atoms with van der Waals surface area (Å²) < 4.78 is 50.8. The van der Waals surface area contributed by atoms with Crippen LogP contribution < -0.4 is 11.1 Å². The molecule has 0 aromatic heterocycles. The molecule has 0 spiro atoms. The van der Waals surface area contributed by atoms with Crippen LogP contribution in [0.5, 0.6) is 0 Å². The van der Waals surface area contributed by atoms with Crippen LogP contribution in [0.25, 0.3) is 0 Å². The fourth-order valence-corrected chi connectivity index (χ4v) is 2.16. The Hall–Kier alpha value is -2.90. The molecule has 2 rings (SSSR count). The van der Waals surface area contributed by atoms with Crippen LogP contribution in [0.15, 0.2) is 48.5 Å². The van der Waals surface area contributed by atoms with Crippen LogP contribution in [0.1, 0.15) is 21.5 Å². The average Bonchev–Trinajstić information content (AvgIpc) is 2.53. The number of hydrogen-bond acceptors (Lipinski definition) is 2. The van der Waals surface area contributed by atoms with Crippen molar-refractivity contribution in [3.05, 3.63) is 71.0 Å². The highest BCUT2D eigenvalue weighted by Gasteiger charge is 2.30. The molecule has 0 unspecified atom stereocenters. The summed E-state index contributed by atoms with van der Waals surface area (Å²) >= 11 is 0. The van der Waals surface area contributed by atoms with Crippen molar-refractivity contribution in [2.45, 2.75) is 18.6 Å². The topological polar surface area (TPSA) is 72.2 Å². The van der Waals surface area contributed by atoms with Gasteiger partial charge in [-0.05, 0) is 35.9 Å². The Morgan fingerprint density at radius 3 is 2.24 bits per heavy atom. The van der Waals surface area contributed by atoms with Crippen molar-refractivity contribution >= 4 is 11.8 Å². The molecule has 0 aliphatic heterocycles. The van der Waals surface area contributed by atoms with Crippen LogP contribution in [0.3, 0.4) is 0 Å². The van der Waals surface area contributed by atoms with Gasteiger partial charge in [-0.2, -0.15) is 13.2 Å². The molecule has 0 saturated carbocycles. The maximum absolute atomic E-state index is 13.1. The minimum absolute atomic E-state index is 0.00123. The Morgan fingerprint density at radius 2 is 1.72 bits per heavy atom. The maximum atomic E-state index is 13.1. The number of carbonyl (C=O) groups is 2. The highest BCUT2D eigenvalue weighted by atomic mass is 19.4. The van der Waals surface area contributed by atoms with Crippen molar-refractivity contribution in [3.63, 3.8) is 0 Å². The molecule has 0 aliphatic rings. The zero-order valence-electron chi connectivity index (χ0n) is 12.8. The molecule has 0 radical (unpaired) electrons. The summed E-state index contributed by atoms with van der Waals surface area (Å²) in [5.74, 6) is -2.19. The Morgan fingerprint density at radius 1 is 1.08 bits per heavy atom. The number of carbonyl (C=O) groups excluding carboxylic acids is 2. The Labute approximate surface area is 140 Å². The molecule has 2 amide bonds. The standard InChI is InChI=1S/C17H14F4N2O2/c18-13-3-1-2-11(9-13)16(25)23-14(15(22)24)8-10-4-6-12(7-5-10)17(19,20)21/h1-7,9,14H,8H2,(H2,22,24)(H,23,25)/t14-/m0/s1. The third-order valence-corrected chi connectivity index (χ3v) is 3.46. The lowest BCUT2D eigenvalue weighted by atomic mass is 10.0. The monoisotopic (exact) mass is 354 g/mol. The van der Waals surface area contributed by atoms with Crippen LogP contribution in [-0.2, 0) is 17.4 Å². The van der Waals surface area contributed by atoms with Crippen LogP contribution in [-0.4, -0.2) is 17.9 Å². The normalized spacial score (nSPS) is 12.5. The minimum Gasteiger partial charge on any atom is -0.368 e. The molecular formula is C17H14F4N2O2. The first kappa shape index (κ1) is 18.4. The quantitative estimate of drug-likeness (QED) is 0.811. The van der Waals surface area contributed by atoms with Gasteiger partial charge in [-0.25, -0.2) is 4.39 Å². The first-order valence-corrected chi connectivity index (χ1v) is 7.18. The summed E-state index contributed by atoms with van der Waals surface area (Å²) in [6, 6.07) is 7.85. The predicted octanol–water partition coefficient (Wildman–Crippen LogP) is 2.67.